The van der Waals surface area contributed by atoms with E-state index in [2.05, 4.69) is 33.0 Å². The average molecular weight is 417 g/mol. The smallest absolute Gasteiger partial charge is 0.130 e. The van der Waals surface area contributed by atoms with Gasteiger partial charge in [0.1, 0.15) is 6.10 Å². The van der Waals surface area contributed by atoms with Crippen LogP contribution < -0.4 is 5.32 Å². The molecular formula is C26H44N2O2. The first kappa shape index (κ1) is 21.2. The molecule has 4 nitrogen and oxygen atoms in total. The predicted octanol–water partition coefficient (Wildman–Crippen LogP) is 5.15. The van der Waals surface area contributed by atoms with Crippen LogP contribution in [0.25, 0.3) is 0 Å². The summed E-state index contributed by atoms with van der Waals surface area (Å²) in [5, 5.41) is 19.0. The molecule has 1 aliphatic heterocycles. The third kappa shape index (κ3) is 3.10. The third-order valence-corrected chi connectivity index (χ3v) is 10.9. The van der Waals surface area contributed by atoms with E-state index >= 15 is 0 Å². The van der Waals surface area contributed by atoms with Gasteiger partial charge < -0.3 is 15.3 Å². The molecule has 7 atom stereocenters. The summed E-state index contributed by atoms with van der Waals surface area (Å²) in [5.74, 6) is 3.09. The van der Waals surface area contributed by atoms with Gasteiger partial charge >= 0.3 is 0 Å². The second-order valence-electron chi connectivity index (χ2n) is 12.5. The van der Waals surface area contributed by atoms with Gasteiger partial charge in [0.05, 0.1) is 11.8 Å². The fourth-order valence-corrected chi connectivity index (χ4v) is 9.09. The van der Waals surface area contributed by atoms with E-state index < -0.39 is 0 Å². The zero-order chi connectivity index (χ0) is 21.1. The van der Waals surface area contributed by atoms with Crippen molar-refractivity contribution in [3.05, 3.63) is 0 Å². The third-order valence-electron chi connectivity index (χ3n) is 10.9. The van der Waals surface area contributed by atoms with E-state index in [1.807, 2.05) is 0 Å². The maximum Gasteiger partial charge on any atom is 0.130 e. The Morgan fingerprint density at radius 1 is 0.867 bits per heavy atom. The molecule has 5 fully saturated rings. The lowest BCUT2D eigenvalue weighted by atomic mass is 9.41. The highest BCUT2D eigenvalue weighted by Gasteiger charge is 2.62. The van der Waals surface area contributed by atoms with Gasteiger partial charge in [-0.05, 0) is 112 Å². The first-order valence-corrected chi connectivity index (χ1v) is 12.9. The van der Waals surface area contributed by atoms with Crippen LogP contribution in [-0.4, -0.2) is 36.1 Å². The summed E-state index contributed by atoms with van der Waals surface area (Å²) in [5.41, 5.74) is 2.04. The second-order valence-corrected chi connectivity index (χ2v) is 12.5. The average Bonchev–Trinajstić information content (AvgIpc) is 3.03. The van der Waals surface area contributed by atoms with Gasteiger partial charge in [0.2, 0.25) is 0 Å². The van der Waals surface area contributed by atoms with Gasteiger partial charge in [-0.25, -0.2) is 0 Å². The molecule has 30 heavy (non-hydrogen) atoms. The number of aliphatic hydroxyl groups is 1. The predicted molar refractivity (Wildman–Crippen MR) is 121 cm³/mol. The fraction of sp³-hybridized carbons (Fsp3) is 0.962. The molecule has 5 rings (SSSR count). The van der Waals surface area contributed by atoms with Crippen molar-refractivity contribution in [1.29, 1.82) is 0 Å². The SMILES string of the molecule is CC1(C)/C(=N/OC2CCNCC2)CC[C@@]2(C)C1CC[C@H]1[C@@H]3CC[C@H](O)[C@@]3(C)CC[C@@H]12. The normalized spacial score (nSPS) is 49.9. The zero-order valence-corrected chi connectivity index (χ0v) is 19.8. The Labute approximate surface area is 183 Å². The highest BCUT2D eigenvalue weighted by molar-refractivity contribution is 5.90. The molecule has 0 amide bonds. The Kier molecular flexibility index (Phi) is 5.29. The van der Waals surface area contributed by atoms with Crippen molar-refractivity contribution in [2.75, 3.05) is 13.1 Å². The molecule has 1 unspecified atom stereocenters. The van der Waals surface area contributed by atoms with E-state index in [4.69, 9.17) is 9.99 Å². The number of oxime groups is 1. The second kappa shape index (κ2) is 7.47. The number of aliphatic hydroxyl groups excluding tert-OH is 1. The van der Waals surface area contributed by atoms with Crippen LogP contribution in [0.3, 0.4) is 0 Å². The standard InChI is InChI=1S/C26H44N2O2/c1-24(2)21-7-5-18-19-6-8-23(29)26(19,4)13-9-20(18)25(21,3)14-10-22(24)28-30-17-11-15-27-16-12-17/h17-21,23,27,29H,5-16H2,1-4H3/b28-22+/t18-,19-,20-,21?,23-,25+,26-/m0/s1. The van der Waals surface area contributed by atoms with Gasteiger partial charge in [-0.3, -0.25) is 0 Å². The van der Waals surface area contributed by atoms with Crippen molar-refractivity contribution in [2.24, 2.45) is 45.1 Å². The minimum absolute atomic E-state index is 0.0670. The molecule has 2 N–H and O–H groups in total. The number of piperidine rings is 1. The molecule has 0 spiro atoms. The van der Waals surface area contributed by atoms with Gasteiger partial charge in [-0.2, -0.15) is 0 Å². The first-order chi connectivity index (χ1) is 14.3. The molecule has 4 aliphatic carbocycles. The topological polar surface area (TPSA) is 53.8 Å². The summed E-state index contributed by atoms with van der Waals surface area (Å²) in [6.07, 6.45) is 12.2. The molecule has 1 heterocycles. The molecule has 0 radical (unpaired) electrons. The molecule has 4 saturated carbocycles. The van der Waals surface area contributed by atoms with Crippen molar-refractivity contribution in [1.82, 2.24) is 5.32 Å². The minimum atomic E-state index is -0.0670. The maximum atomic E-state index is 10.7. The van der Waals surface area contributed by atoms with Crippen molar-refractivity contribution in [3.63, 3.8) is 0 Å². The van der Waals surface area contributed by atoms with Crippen molar-refractivity contribution < 1.29 is 9.94 Å². The lowest BCUT2D eigenvalue weighted by Crippen LogP contribution is -2.58. The van der Waals surface area contributed by atoms with Gasteiger partial charge in [-0.15, -0.1) is 0 Å². The van der Waals surface area contributed by atoms with Crippen LogP contribution in [0.1, 0.15) is 91.9 Å². The Morgan fingerprint density at radius 2 is 1.60 bits per heavy atom. The maximum absolute atomic E-state index is 10.7. The molecule has 4 heteroatoms. The van der Waals surface area contributed by atoms with Crippen LogP contribution in [0, 0.1) is 39.9 Å². The number of rotatable bonds is 2. The summed E-state index contributed by atoms with van der Waals surface area (Å²) in [4.78, 5) is 6.08. The Morgan fingerprint density at radius 3 is 2.37 bits per heavy atom. The Hall–Kier alpha value is -0.610. The van der Waals surface area contributed by atoms with E-state index in [-0.39, 0.29) is 16.9 Å². The van der Waals surface area contributed by atoms with Crippen LogP contribution in [0.5, 0.6) is 0 Å². The number of nitrogens with zero attached hydrogens (tertiary/aromatic N) is 1. The lowest BCUT2D eigenvalue weighted by Gasteiger charge is -2.63. The van der Waals surface area contributed by atoms with E-state index in [0.717, 1.165) is 56.5 Å². The highest BCUT2D eigenvalue weighted by atomic mass is 16.6. The van der Waals surface area contributed by atoms with E-state index in [1.54, 1.807) is 0 Å². The number of fused-ring (bicyclic) bond motifs is 5. The molecule has 5 aliphatic rings. The van der Waals surface area contributed by atoms with E-state index in [0.29, 0.717) is 17.4 Å². The van der Waals surface area contributed by atoms with Crippen LogP contribution in [0.2, 0.25) is 0 Å². The number of hydrogen-bond acceptors (Lipinski definition) is 4. The monoisotopic (exact) mass is 416 g/mol. The van der Waals surface area contributed by atoms with Crippen molar-refractivity contribution >= 4 is 5.71 Å². The van der Waals surface area contributed by atoms with Crippen LogP contribution in [0.4, 0.5) is 0 Å². The Bertz CT molecular complexity index is 685. The first-order valence-electron chi connectivity index (χ1n) is 12.9. The van der Waals surface area contributed by atoms with Gasteiger partial charge in [-0.1, -0.05) is 32.9 Å². The molecule has 0 bridgehead atoms. The summed E-state index contributed by atoms with van der Waals surface area (Å²) < 4.78 is 0. The summed E-state index contributed by atoms with van der Waals surface area (Å²) in [6.45, 7) is 12.0. The van der Waals surface area contributed by atoms with Crippen molar-refractivity contribution in [2.45, 2.75) is 104 Å². The molecule has 0 aromatic carbocycles. The van der Waals surface area contributed by atoms with Crippen LogP contribution in [0.15, 0.2) is 5.16 Å². The zero-order valence-electron chi connectivity index (χ0n) is 19.8. The molecular weight excluding hydrogens is 372 g/mol. The summed E-state index contributed by atoms with van der Waals surface area (Å²) in [6, 6.07) is 0. The van der Waals surface area contributed by atoms with E-state index in [1.165, 1.54) is 44.2 Å². The molecule has 0 aromatic heterocycles. The van der Waals surface area contributed by atoms with Crippen LogP contribution in [-0.2, 0) is 4.84 Å². The largest absolute Gasteiger partial charge is 0.393 e. The fourth-order valence-electron chi connectivity index (χ4n) is 9.09. The lowest BCUT2D eigenvalue weighted by molar-refractivity contribution is -0.131. The van der Waals surface area contributed by atoms with Crippen LogP contribution >= 0.6 is 0 Å². The summed E-state index contributed by atoms with van der Waals surface area (Å²) >= 11 is 0. The highest BCUT2D eigenvalue weighted by Crippen LogP contribution is 2.68. The van der Waals surface area contributed by atoms with Gasteiger partial charge in [0.15, 0.2) is 0 Å². The molecule has 0 aromatic rings. The number of hydrogen-bond donors (Lipinski definition) is 2. The molecule has 170 valence electrons. The minimum Gasteiger partial charge on any atom is -0.393 e. The van der Waals surface area contributed by atoms with Crippen molar-refractivity contribution in [3.8, 4) is 0 Å². The van der Waals surface area contributed by atoms with Gasteiger partial charge in [0, 0.05) is 5.41 Å². The summed E-state index contributed by atoms with van der Waals surface area (Å²) in [7, 11) is 0. The van der Waals surface area contributed by atoms with Gasteiger partial charge in [0.25, 0.3) is 0 Å². The van der Waals surface area contributed by atoms with E-state index in [9.17, 15) is 5.11 Å². The quantitative estimate of drug-likeness (QED) is 0.612. The number of nitrogens with one attached hydrogen (secondary N) is 1. The molecule has 1 saturated heterocycles. The Balaban J connectivity index is 1.35.